The number of alkyl halides is 1. The third-order valence-corrected chi connectivity index (χ3v) is 2.86. The molecule has 2 unspecified atom stereocenters. The van der Waals surface area contributed by atoms with Crippen LogP contribution in [0.15, 0.2) is 0 Å². The molecule has 0 aromatic heterocycles. The number of piperidine rings is 1. The number of hydrogen-bond donors (Lipinski definition) is 1. The second-order valence-electron chi connectivity index (χ2n) is 3.77. The highest BCUT2D eigenvalue weighted by molar-refractivity contribution is 6.30. The summed E-state index contributed by atoms with van der Waals surface area (Å²) in [6.07, 6.45) is 2.66. The Kier molecular flexibility index (Phi) is 4.39. The lowest BCUT2D eigenvalue weighted by Crippen LogP contribution is -2.52. The van der Waals surface area contributed by atoms with Gasteiger partial charge in [0.05, 0.1) is 0 Å². The first-order valence-corrected chi connectivity index (χ1v) is 5.67. The van der Waals surface area contributed by atoms with Crippen molar-refractivity contribution in [2.45, 2.75) is 37.6 Å². The van der Waals surface area contributed by atoms with Gasteiger partial charge in [-0.1, -0.05) is 0 Å². The molecule has 2 amide bonds. The molecule has 0 aromatic rings. The molecule has 1 fully saturated rings. The largest absolute Gasteiger partial charge is 0.357 e. The SMILES string of the molecule is CNC(=O)C1CCCCN1C(=O)C(C)Cl. The van der Waals surface area contributed by atoms with Gasteiger partial charge in [0.25, 0.3) is 0 Å². The molecule has 5 heteroatoms. The maximum Gasteiger partial charge on any atom is 0.242 e. The van der Waals surface area contributed by atoms with Crippen molar-refractivity contribution >= 4 is 23.4 Å². The molecule has 0 bridgehead atoms. The number of likely N-dealkylation sites (N-methyl/N-ethyl adjacent to an activating group) is 1. The predicted molar refractivity (Wildman–Crippen MR) is 58.7 cm³/mol. The average Bonchev–Trinajstić information content (AvgIpc) is 2.27. The van der Waals surface area contributed by atoms with Gasteiger partial charge in [-0.05, 0) is 26.2 Å². The van der Waals surface area contributed by atoms with Gasteiger partial charge in [-0.2, -0.15) is 0 Å². The van der Waals surface area contributed by atoms with Crippen molar-refractivity contribution in [3.8, 4) is 0 Å². The fourth-order valence-electron chi connectivity index (χ4n) is 1.86. The minimum absolute atomic E-state index is 0.0969. The normalized spacial score (nSPS) is 23.4. The zero-order valence-corrected chi connectivity index (χ0v) is 9.88. The van der Waals surface area contributed by atoms with E-state index in [9.17, 15) is 9.59 Å². The van der Waals surface area contributed by atoms with E-state index in [0.717, 1.165) is 19.3 Å². The molecule has 0 saturated carbocycles. The number of amides is 2. The summed E-state index contributed by atoms with van der Waals surface area (Å²) in [7, 11) is 1.59. The summed E-state index contributed by atoms with van der Waals surface area (Å²) in [6.45, 7) is 2.27. The Labute approximate surface area is 95.0 Å². The van der Waals surface area contributed by atoms with Crippen LogP contribution in [0.1, 0.15) is 26.2 Å². The van der Waals surface area contributed by atoms with E-state index < -0.39 is 5.38 Å². The third-order valence-electron chi connectivity index (χ3n) is 2.68. The van der Waals surface area contributed by atoms with Crippen LogP contribution in [0.4, 0.5) is 0 Å². The molecular weight excluding hydrogens is 216 g/mol. The van der Waals surface area contributed by atoms with E-state index in [1.165, 1.54) is 0 Å². The Bertz CT molecular complexity index is 256. The molecule has 2 atom stereocenters. The van der Waals surface area contributed by atoms with Crippen LogP contribution >= 0.6 is 11.6 Å². The van der Waals surface area contributed by atoms with Gasteiger partial charge < -0.3 is 10.2 Å². The highest BCUT2D eigenvalue weighted by Crippen LogP contribution is 2.19. The minimum Gasteiger partial charge on any atom is -0.357 e. The molecule has 0 aromatic carbocycles. The molecule has 15 heavy (non-hydrogen) atoms. The Morgan fingerprint density at radius 1 is 1.47 bits per heavy atom. The van der Waals surface area contributed by atoms with E-state index >= 15 is 0 Å². The number of likely N-dealkylation sites (tertiary alicyclic amines) is 1. The van der Waals surface area contributed by atoms with Gasteiger partial charge in [-0.25, -0.2) is 0 Å². The highest BCUT2D eigenvalue weighted by atomic mass is 35.5. The van der Waals surface area contributed by atoms with Crippen LogP contribution in [0.25, 0.3) is 0 Å². The fourth-order valence-corrected chi connectivity index (χ4v) is 1.99. The Balaban J connectivity index is 2.73. The van der Waals surface area contributed by atoms with E-state index in [1.54, 1.807) is 18.9 Å². The summed E-state index contributed by atoms with van der Waals surface area (Å²) in [6, 6.07) is -0.336. The molecule has 1 N–H and O–H groups in total. The number of nitrogens with one attached hydrogen (secondary N) is 1. The molecule has 0 aliphatic carbocycles. The van der Waals surface area contributed by atoms with Crippen LogP contribution < -0.4 is 5.32 Å². The standard InChI is InChI=1S/C10H17ClN2O2/c1-7(11)10(15)13-6-4-3-5-8(13)9(14)12-2/h7-8H,3-6H2,1-2H3,(H,12,14). The lowest BCUT2D eigenvalue weighted by atomic mass is 10.0. The third kappa shape index (κ3) is 2.84. The van der Waals surface area contributed by atoms with Gasteiger partial charge in [0, 0.05) is 13.6 Å². The van der Waals surface area contributed by atoms with Crippen molar-refractivity contribution in [1.82, 2.24) is 10.2 Å². The molecule has 1 heterocycles. The van der Waals surface area contributed by atoms with Gasteiger partial charge in [0.1, 0.15) is 11.4 Å². The summed E-state index contributed by atoms with van der Waals surface area (Å²) in [5.74, 6) is -0.245. The molecule has 1 saturated heterocycles. The molecule has 4 nitrogen and oxygen atoms in total. The van der Waals surface area contributed by atoms with Crippen LogP contribution in [-0.4, -0.2) is 41.7 Å². The summed E-state index contributed by atoms with van der Waals surface area (Å²) >= 11 is 5.75. The second kappa shape index (κ2) is 5.35. The fraction of sp³-hybridized carbons (Fsp3) is 0.800. The monoisotopic (exact) mass is 232 g/mol. The maximum atomic E-state index is 11.7. The van der Waals surface area contributed by atoms with Gasteiger partial charge >= 0.3 is 0 Å². The summed E-state index contributed by atoms with van der Waals surface area (Å²) in [5, 5.41) is 2.02. The lowest BCUT2D eigenvalue weighted by molar-refractivity contribution is -0.141. The van der Waals surface area contributed by atoms with Crippen molar-refractivity contribution in [1.29, 1.82) is 0 Å². The zero-order chi connectivity index (χ0) is 11.4. The van der Waals surface area contributed by atoms with Gasteiger partial charge in [-0.15, -0.1) is 11.6 Å². The zero-order valence-electron chi connectivity index (χ0n) is 9.12. The van der Waals surface area contributed by atoms with Crippen LogP contribution in [-0.2, 0) is 9.59 Å². The maximum absolute atomic E-state index is 11.7. The van der Waals surface area contributed by atoms with Gasteiger partial charge in [-0.3, -0.25) is 9.59 Å². The molecular formula is C10H17ClN2O2. The predicted octanol–water partition coefficient (Wildman–Crippen LogP) is 0.741. The summed E-state index contributed by atoms with van der Waals surface area (Å²) < 4.78 is 0. The minimum atomic E-state index is -0.560. The Morgan fingerprint density at radius 2 is 2.13 bits per heavy atom. The first-order valence-electron chi connectivity index (χ1n) is 5.24. The van der Waals surface area contributed by atoms with Crippen LogP contribution in [0.3, 0.4) is 0 Å². The molecule has 1 aliphatic heterocycles. The number of carbonyl (C=O) groups is 2. The van der Waals surface area contributed by atoms with Crippen molar-refractivity contribution in [3.63, 3.8) is 0 Å². The molecule has 86 valence electrons. The Hall–Kier alpha value is -0.770. The number of rotatable bonds is 2. The van der Waals surface area contributed by atoms with Crippen molar-refractivity contribution in [3.05, 3.63) is 0 Å². The Morgan fingerprint density at radius 3 is 2.67 bits per heavy atom. The van der Waals surface area contributed by atoms with E-state index in [2.05, 4.69) is 5.32 Å². The van der Waals surface area contributed by atoms with Gasteiger partial charge in [0.2, 0.25) is 11.8 Å². The quantitative estimate of drug-likeness (QED) is 0.714. The summed E-state index contributed by atoms with van der Waals surface area (Å²) in [4.78, 5) is 24.9. The molecule has 1 aliphatic rings. The lowest BCUT2D eigenvalue weighted by Gasteiger charge is -2.35. The average molecular weight is 233 g/mol. The molecule has 1 rings (SSSR count). The van der Waals surface area contributed by atoms with Crippen molar-refractivity contribution in [2.75, 3.05) is 13.6 Å². The van der Waals surface area contributed by atoms with Crippen molar-refractivity contribution in [2.24, 2.45) is 0 Å². The number of hydrogen-bond acceptors (Lipinski definition) is 2. The number of carbonyl (C=O) groups excluding carboxylic acids is 2. The molecule has 0 spiro atoms. The van der Waals surface area contributed by atoms with Crippen LogP contribution in [0, 0.1) is 0 Å². The van der Waals surface area contributed by atoms with Crippen LogP contribution in [0.2, 0.25) is 0 Å². The topological polar surface area (TPSA) is 49.4 Å². The number of nitrogens with zero attached hydrogens (tertiary/aromatic N) is 1. The first-order chi connectivity index (χ1) is 7.07. The van der Waals surface area contributed by atoms with Crippen LogP contribution in [0.5, 0.6) is 0 Å². The van der Waals surface area contributed by atoms with E-state index in [1.807, 2.05) is 0 Å². The second-order valence-corrected chi connectivity index (χ2v) is 4.43. The van der Waals surface area contributed by atoms with Gasteiger partial charge in [0.15, 0.2) is 0 Å². The van der Waals surface area contributed by atoms with E-state index in [0.29, 0.717) is 6.54 Å². The van der Waals surface area contributed by atoms with E-state index in [4.69, 9.17) is 11.6 Å². The van der Waals surface area contributed by atoms with E-state index in [-0.39, 0.29) is 17.9 Å². The highest BCUT2D eigenvalue weighted by Gasteiger charge is 2.32. The first kappa shape index (κ1) is 12.3. The summed E-state index contributed by atoms with van der Waals surface area (Å²) in [5.41, 5.74) is 0. The van der Waals surface area contributed by atoms with Crippen molar-refractivity contribution < 1.29 is 9.59 Å². The smallest absolute Gasteiger partial charge is 0.242 e. The number of halogens is 1. The molecule has 0 radical (unpaired) electrons.